The molecule has 0 unspecified atom stereocenters. The van der Waals surface area contributed by atoms with Crippen LogP contribution in [0, 0.1) is 11.3 Å². The number of pyridine rings is 1. The Morgan fingerprint density at radius 2 is 2.05 bits per heavy atom. The van der Waals surface area contributed by atoms with Crippen molar-refractivity contribution in [2.24, 2.45) is 0 Å². The first-order valence-corrected chi connectivity index (χ1v) is 6.68. The number of rotatable bonds is 1. The molecule has 22 heavy (non-hydrogen) atoms. The van der Waals surface area contributed by atoms with Gasteiger partial charge in [0.1, 0.15) is 18.1 Å². The third-order valence-electron chi connectivity index (χ3n) is 3.53. The molecule has 1 aromatic carbocycles. The fourth-order valence-electron chi connectivity index (χ4n) is 2.51. The van der Waals surface area contributed by atoms with Crippen LogP contribution in [0.4, 0.5) is 0 Å². The number of allylic oxidation sites excluding steroid dienone is 1. The Kier molecular flexibility index (Phi) is 3.36. The number of aromatic carboxylic acids is 1. The molecule has 0 atom stereocenters. The zero-order valence-electron chi connectivity index (χ0n) is 11.8. The van der Waals surface area contributed by atoms with Crippen molar-refractivity contribution in [2.45, 2.75) is 13.5 Å². The molecular formula is C17H12N2O3. The number of benzene rings is 1. The maximum Gasteiger partial charge on any atom is 0.354 e. The highest BCUT2D eigenvalue weighted by Crippen LogP contribution is 2.37. The molecule has 2 heterocycles. The van der Waals surface area contributed by atoms with E-state index >= 15 is 0 Å². The minimum Gasteiger partial charge on any atom is -0.487 e. The first-order chi connectivity index (χ1) is 10.6. The van der Waals surface area contributed by atoms with Gasteiger partial charge in [-0.25, -0.2) is 9.78 Å². The van der Waals surface area contributed by atoms with Crippen molar-refractivity contribution >= 4 is 11.5 Å². The van der Waals surface area contributed by atoms with E-state index in [-0.39, 0.29) is 12.3 Å². The number of nitriles is 1. The van der Waals surface area contributed by atoms with Gasteiger partial charge in [-0.2, -0.15) is 5.26 Å². The normalized spacial score (nSPS) is 14.7. The van der Waals surface area contributed by atoms with Crippen LogP contribution in [0.1, 0.15) is 34.2 Å². The zero-order valence-corrected chi connectivity index (χ0v) is 11.8. The summed E-state index contributed by atoms with van der Waals surface area (Å²) in [6.45, 7) is 1.89. The van der Waals surface area contributed by atoms with Crippen molar-refractivity contribution in [3.63, 3.8) is 0 Å². The van der Waals surface area contributed by atoms with Crippen molar-refractivity contribution in [1.82, 2.24) is 4.98 Å². The summed E-state index contributed by atoms with van der Waals surface area (Å²) in [5, 5.41) is 18.4. The highest BCUT2D eigenvalue weighted by molar-refractivity contribution is 5.90. The minimum absolute atomic E-state index is 0.0396. The fourth-order valence-corrected chi connectivity index (χ4v) is 2.51. The SMILES string of the molecule is C/C(C#N)=C1/c2ccccc2OCc2nc(C(=O)O)ccc21. The van der Waals surface area contributed by atoms with Crippen LogP contribution in [-0.2, 0) is 6.61 Å². The maximum absolute atomic E-state index is 11.1. The lowest BCUT2D eigenvalue weighted by molar-refractivity contribution is 0.0690. The Balaban J connectivity index is 2.30. The van der Waals surface area contributed by atoms with E-state index < -0.39 is 5.97 Å². The van der Waals surface area contributed by atoms with E-state index in [0.717, 1.165) is 16.7 Å². The lowest BCUT2D eigenvalue weighted by Gasteiger charge is -2.11. The highest BCUT2D eigenvalue weighted by Gasteiger charge is 2.23. The second kappa shape index (κ2) is 5.34. The average Bonchev–Trinajstić information content (AvgIpc) is 2.70. The van der Waals surface area contributed by atoms with E-state index in [4.69, 9.17) is 9.84 Å². The number of carboxylic acids is 1. The number of para-hydroxylation sites is 1. The average molecular weight is 292 g/mol. The van der Waals surface area contributed by atoms with Crippen molar-refractivity contribution < 1.29 is 14.6 Å². The minimum atomic E-state index is -1.09. The largest absolute Gasteiger partial charge is 0.487 e. The van der Waals surface area contributed by atoms with Crippen molar-refractivity contribution in [3.05, 3.63) is 64.5 Å². The monoisotopic (exact) mass is 292 g/mol. The van der Waals surface area contributed by atoms with Crippen molar-refractivity contribution in [1.29, 1.82) is 5.26 Å². The Labute approximate surface area is 127 Å². The molecule has 2 aromatic rings. The number of fused-ring (bicyclic) bond motifs is 2. The molecule has 0 spiro atoms. The molecule has 1 aliphatic heterocycles. The lowest BCUT2D eigenvalue weighted by Crippen LogP contribution is -2.07. The van der Waals surface area contributed by atoms with E-state index in [1.54, 1.807) is 13.0 Å². The van der Waals surface area contributed by atoms with Crippen LogP contribution >= 0.6 is 0 Å². The first kappa shape index (κ1) is 13.8. The second-order valence-corrected chi connectivity index (χ2v) is 4.89. The van der Waals surface area contributed by atoms with Crippen LogP contribution in [0.15, 0.2) is 42.0 Å². The summed E-state index contributed by atoms with van der Waals surface area (Å²) in [5.74, 6) is -0.436. The molecule has 3 rings (SSSR count). The fraction of sp³-hybridized carbons (Fsp3) is 0.118. The molecule has 1 aromatic heterocycles. The smallest absolute Gasteiger partial charge is 0.354 e. The Morgan fingerprint density at radius 1 is 1.27 bits per heavy atom. The van der Waals surface area contributed by atoms with Crippen LogP contribution in [0.25, 0.3) is 5.57 Å². The molecular weight excluding hydrogens is 280 g/mol. The Morgan fingerprint density at radius 3 is 2.77 bits per heavy atom. The summed E-state index contributed by atoms with van der Waals surface area (Å²) >= 11 is 0. The summed E-state index contributed by atoms with van der Waals surface area (Å²) in [6, 6.07) is 12.7. The highest BCUT2D eigenvalue weighted by atomic mass is 16.5. The number of carboxylic acid groups (broad SMARTS) is 1. The van der Waals surface area contributed by atoms with Crippen LogP contribution in [0.5, 0.6) is 5.75 Å². The zero-order chi connectivity index (χ0) is 15.7. The van der Waals surface area contributed by atoms with E-state index in [2.05, 4.69) is 11.1 Å². The van der Waals surface area contributed by atoms with Gasteiger partial charge in [-0.15, -0.1) is 0 Å². The van der Waals surface area contributed by atoms with E-state index in [9.17, 15) is 10.1 Å². The molecule has 108 valence electrons. The molecule has 5 nitrogen and oxygen atoms in total. The van der Waals surface area contributed by atoms with Crippen molar-refractivity contribution in [2.75, 3.05) is 0 Å². The number of ether oxygens (including phenoxy) is 1. The number of hydrogen-bond donors (Lipinski definition) is 1. The van der Waals surface area contributed by atoms with Gasteiger partial charge in [0, 0.05) is 22.3 Å². The van der Waals surface area contributed by atoms with Gasteiger partial charge in [-0.3, -0.25) is 0 Å². The van der Waals surface area contributed by atoms with Crippen LogP contribution in [-0.4, -0.2) is 16.1 Å². The van der Waals surface area contributed by atoms with E-state index in [1.807, 2.05) is 24.3 Å². The number of nitrogens with zero attached hydrogens (tertiary/aromatic N) is 2. The van der Waals surface area contributed by atoms with Gasteiger partial charge >= 0.3 is 5.97 Å². The third-order valence-corrected chi connectivity index (χ3v) is 3.53. The molecule has 5 heteroatoms. The first-order valence-electron chi connectivity index (χ1n) is 6.68. The predicted molar refractivity (Wildman–Crippen MR) is 79.3 cm³/mol. The van der Waals surface area contributed by atoms with Gasteiger partial charge in [0.15, 0.2) is 0 Å². The van der Waals surface area contributed by atoms with Gasteiger partial charge in [-0.1, -0.05) is 18.2 Å². The summed E-state index contributed by atoms with van der Waals surface area (Å²) in [4.78, 5) is 15.2. The lowest BCUT2D eigenvalue weighted by atomic mass is 9.93. The van der Waals surface area contributed by atoms with Gasteiger partial charge in [0.05, 0.1) is 11.8 Å². The molecule has 0 saturated heterocycles. The van der Waals surface area contributed by atoms with Crippen molar-refractivity contribution in [3.8, 4) is 11.8 Å². The summed E-state index contributed by atoms with van der Waals surface area (Å²) in [6.07, 6.45) is 0. The number of carbonyl (C=O) groups is 1. The van der Waals surface area contributed by atoms with Gasteiger partial charge in [0.2, 0.25) is 0 Å². The molecule has 0 aliphatic carbocycles. The predicted octanol–water partition coefficient (Wildman–Crippen LogP) is 3.02. The molecule has 0 fully saturated rings. The van der Waals surface area contributed by atoms with Gasteiger partial charge < -0.3 is 9.84 Å². The standard InChI is InChI=1S/C17H12N2O3/c1-10(8-18)16-11-6-7-13(17(20)21)19-14(11)9-22-15-5-3-2-4-12(15)16/h2-7H,9H2,1H3,(H,20,21)/b16-10-. The molecule has 1 aliphatic rings. The number of hydrogen-bond acceptors (Lipinski definition) is 4. The Bertz CT molecular complexity index is 847. The molecule has 0 radical (unpaired) electrons. The number of aromatic nitrogens is 1. The summed E-state index contributed by atoms with van der Waals surface area (Å²) in [7, 11) is 0. The maximum atomic E-state index is 11.1. The van der Waals surface area contributed by atoms with Gasteiger partial charge in [-0.05, 0) is 25.1 Å². The quantitative estimate of drug-likeness (QED) is 0.817. The Hall–Kier alpha value is -3.13. The molecule has 0 amide bonds. The van der Waals surface area contributed by atoms with Crippen LogP contribution in [0.3, 0.4) is 0 Å². The van der Waals surface area contributed by atoms with Crippen LogP contribution in [0.2, 0.25) is 0 Å². The molecule has 1 N–H and O–H groups in total. The summed E-state index contributed by atoms with van der Waals surface area (Å²) in [5.41, 5.74) is 3.28. The van der Waals surface area contributed by atoms with Gasteiger partial charge in [0.25, 0.3) is 0 Å². The van der Waals surface area contributed by atoms with Crippen LogP contribution < -0.4 is 4.74 Å². The van der Waals surface area contributed by atoms with E-state index in [1.165, 1.54) is 6.07 Å². The third kappa shape index (κ3) is 2.21. The second-order valence-electron chi connectivity index (χ2n) is 4.89. The summed E-state index contributed by atoms with van der Waals surface area (Å²) < 4.78 is 5.74. The topological polar surface area (TPSA) is 83.2 Å². The van der Waals surface area contributed by atoms with E-state index in [0.29, 0.717) is 17.0 Å². The molecule has 0 saturated carbocycles. The molecule has 0 bridgehead atoms.